The fraction of sp³-hybridized carbons (Fsp3) is 0.632. The van der Waals surface area contributed by atoms with Crippen molar-refractivity contribution in [2.24, 2.45) is 11.3 Å². The number of nitrogens with zero attached hydrogens (tertiary/aromatic N) is 1. The van der Waals surface area contributed by atoms with Crippen molar-refractivity contribution in [1.82, 2.24) is 10.6 Å². The van der Waals surface area contributed by atoms with E-state index in [0.29, 0.717) is 11.5 Å². The normalized spacial score (nSPS) is 23.9. The molecular formula is C19H29Cl2N3O. The van der Waals surface area contributed by atoms with E-state index in [-0.39, 0.29) is 36.6 Å². The van der Waals surface area contributed by atoms with Gasteiger partial charge in [-0.15, -0.1) is 24.8 Å². The van der Waals surface area contributed by atoms with Crippen LogP contribution >= 0.6 is 24.8 Å². The number of hydrogen-bond acceptors (Lipinski definition) is 3. The molecule has 1 aliphatic carbocycles. The molecule has 0 bridgehead atoms. The summed E-state index contributed by atoms with van der Waals surface area (Å²) in [5.41, 5.74) is 3.11. The maximum absolute atomic E-state index is 12.5. The third-order valence-corrected chi connectivity index (χ3v) is 6.13. The third-order valence-electron chi connectivity index (χ3n) is 6.13. The molecule has 1 saturated heterocycles. The molecule has 1 amide bonds. The second kappa shape index (κ2) is 8.15. The average Bonchev–Trinajstić information content (AvgIpc) is 3.09. The highest BCUT2D eigenvalue weighted by Gasteiger charge is 2.57. The molecule has 0 radical (unpaired) electrons. The second-order valence-electron chi connectivity index (χ2n) is 7.54. The fourth-order valence-electron chi connectivity index (χ4n) is 4.50. The molecule has 2 heterocycles. The lowest BCUT2D eigenvalue weighted by molar-refractivity contribution is -0.123. The molecule has 3 aliphatic rings. The maximum atomic E-state index is 12.5. The monoisotopic (exact) mass is 385 g/mol. The fourth-order valence-corrected chi connectivity index (χ4v) is 4.50. The summed E-state index contributed by atoms with van der Waals surface area (Å²) in [4.78, 5) is 14.9. The number of nitrogens with one attached hydrogen (secondary N) is 2. The van der Waals surface area contributed by atoms with E-state index < -0.39 is 0 Å². The Kier molecular flexibility index (Phi) is 6.63. The Labute approximate surface area is 162 Å². The molecule has 1 saturated carbocycles. The van der Waals surface area contributed by atoms with Gasteiger partial charge in [0.2, 0.25) is 5.91 Å². The molecule has 2 N–H and O–H groups in total. The van der Waals surface area contributed by atoms with Crippen LogP contribution in [-0.2, 0) is 11.2 Å². The molecule has 1 aromatic carbocycles. The number of anilines is 1. The van der Waals surface area contributed by atoms with Crippen LogP contribution in [0.3, 0.4) is 0 Å². The SMILES string of the molecule is CC(CNC(=O)C1CC12CCNCC2)N1CCc2ccccc21.Cl.Cl. The van der Waals surface area contributed by atoms with Gasteiger partial charge < -0.3 is 15.5 Å². The van der Waals surface area contributed by atoms with Gasteiger partial charge in [0.05, 0.1) is 0 Å². The number of amides is 1. The van der Waals surface area contributed by atoms with Crippen molar-refractivity contribution >= 4 is 36.4 Å². The molecule has 2 unspecified atom stereocenters. The standard InChI is InChI=1S/C19H27N3O.2ClH/c1-14(22-11-6-15-4-2-3-5-17(15)22)13-21-18(23)16-12-19(16)7-9-20-10-8-19;;/h2-5,14,16,20H,6-13H2,1H3,(H,21,23);2*1H. The Bertz CT molecular complexity index is 604. The lowest BCUT2D eigenvalue weighted by atomic mass is 9.92. The van der Waals surface area contributed by atoms with Gasteiger partial charge >= 0.3 is 0 Å². The summed E-state index contributed by atoms with van der Waals surface area (Å²) in [6.07, 6.45) is 4.55. The van der Waals surface area contributed by atoms with Crippen molar-refractivity contribution in [1.29, 1.82) is 0 Å². The summed E-state index contributed by atoms with van der Waals surface area (Å²) >= 11 is 0. The zero-order valence-electron chi connectivity index (χ0n) is 14.8. The summed E-state index contributed by atoms with van der Waals surface area (Å²) in [5.74, 6) is 0.550. The van der Waals surface area contributed by atoms with Crippen LogP contribution < -0.4 is 15.5 Å². The Morgan fingerprint density at radius 2 is 2.04 bits per heavy atom. The van der Waals surface area contributed by atoms with Crippen LogP contribution in [0.15, 0.2) is 24.3 Å². The van der Waals surface area contributed by atoms with E-state index in [2.05, 4.69) is 46.7 Å². The van der Waals surface area contributed by atoms with Crippen LogP contribution in [-0.4, -0.2) is 38.1 Å². The molecule has 6 heteroatoms. The van der Waals surface area contributed by atoms with Crippen LogP contribution in [0.1, 0.15) is 31.7 Å². The number of para-hydroxylation sites is 1. The van der Waals surface area contributed by atoms with Crippen molar-refractivity contribution in [2.45, 2.75) is 38.6 Å². The number of carbonyl (C=O) groups excluding carboxylic acids is 1. The lowest BCUT2D eigenvalue weighted by Gasteiger charge is -2.28. The quantitative estimate of drug-likeness (QED) is 0.837. The van der Waals surface area contributed by atoms with Gasteiger partial charge in [0.15, 0.2) is 0 Å². The zero-order valence-corrected chi connectivity index (χ0v) is 16.4. The van der Waals surface area contributed by atoms with E-state index in [4.69, 9.17) is 0 Å². The Morgan fingerprint density at radius 1 is 1.32 bits per heavy atom. The van der Waals surface area contributed by atoms with Gasteiger partial charge in [0.25, 0.3) is 0 Å². The third kappa shape index (κ3) is 3.91. The number of fused-ring (bicyclic) bond motifs is 1. The minimum Gasteiger partial charge on any atom is -0.366 e. The highest BCUT2D eigenvalue weighted by molar-refractivity contribution is 5.85. The Hall–Kier alpha value is -0.970. The van der Waals surface area contributed by atoms with Gasteiger partial charge in [-0.1, -0.05) is 18.2 Å². The summed E-state index contributed by atoms with van der Waals surface area (Å²) in [6, 6.07) is 8.98. The van der Waals surface area contributed by atoms with E-state index in [9.17, 15) is 4.79 Å². The molecule has 2 atom stereocenters. The summed E-state index contributed by atoms with van der Waals surface area (Å²) < 4.78 is 0. The van der Waals surface area contributed by atoms with E-state index in [0.717, 1.165) is 39.0 Å². The highest BCUT2D eigenvalue weighted by atomic mass is 35.5. The van der Waals surface area contributed by atoms with Crippen LogP contribution in [0, 0.1) is 11.3 Å². The van der Waals surface area contributed by atoms with Crippen molar-refractivity contribution in [3.63, 3.8) is 0 Å². The van der Waals surface area contributed by atoms with Gasteiger partial charge in [0, 0.05) is 30.7 Å². The van der Waals surface area contributed by atoms with Gasteiger partial charge in [-0.2, -0.15) is 0 Å². The highest BCUT2D eigenvalue weighted by Crippen LogP contribution is 2.58. The first-order valence-electron chi connectivity index (χ1n) is 9.03. The molecule has 25 heavy (non-hydrogen) atoms. The summed E-state index contributed by atoms with van der Waals surface area (Å²) in [5, 5.41) is 6.62. The molecule has 0 aromatic heterocycles. The number of piperidine rings is 1. The van der Waals surface area contributed by atoms with Crippen molar-refractivity contribution < 1.29 is 4.79 Å². The van der Waals surface area contributed by atoms with E-state index in [1.165, 1.54) is 24.1 Å². The average molecular weight is 386 g/mol. The lowest BCUT2D eigenvalue weighted by Crippen LogP contribution is -2.42. The first-order valence-corrected chi connectivity index (χ1v) is 9.03. The minimum atomic E-state index is 0. The van der Waals surface area contributed by atoms with Crippen LogP contribution in [0.25, 0.3) is 0 Å². The van der Waals surface area contributed by atoms with Crippen LogP contribution in [0.2, 0.25) is 0 Å². The largest absolute Gasteiger partial charge is 0.366 e. The van der Waals surface area contributed by atoms with Gasteiger partial charge in [-0.3, -0.25) is 4.79 Å². The molecule has 2 aliphatic heterocycles. The molecule has 4 rings (SSSR count). The van der Waals surface area contributed by atoms with Gasteiger partial charge in [-0.05, 0) is 62.7 Å². The van der Waals surface area contributed by atoms with Gasteiger partial charge in [-0.25, -0.2) is 0 Å². The summed E-state index contributed by atoms with van der Waals surface area (Å²) in [7, 11) is 0. The van der Waals surface area contributed by atoms with Crippen LogP contribution in [0.4, 0.5) is 5.69 Å². The molecule has 2 fully saturated rings. The van der Waals surface area contributed by atoms with Crippen molar-refractivity contribution in [3.05, 3.63) is 29.8 Å². The Balaban J connectivity index is 0.00000113. The number of rotatable bonds is 4. The number of carbonyl (C=O) groups is 1. The molecule has 1 spiro atoms. The minimum absolute atomic E-state index is 0. The number of halogens is 2. The van der Waals surface area contributed by atoms with Crippen molar-refractivity contribution in [3.8, 4) is 0 Å². The molecule has 140 valence electrons. The summed E-state index contributed by atoms with van der Waals surface area (Å²) in [6.45, 7) is 6.18. The number of hydrogen-bond donors (Lipinski definition) is 2. The zero-order chi connectivity index (χ0) is 15.9. The first kappa shape index (κ1) is 20.3. The maximum Gasteiger partial charge on any atom is 0.223 e. The predicted octanol–water partition coefficient (Wildman–Crippen LogP) is 2.79. The molecule has 1 aromatic rings. The smallest absolute Gasteiger partial charge is 0.223 e. The Morgan fingerprint density at radius 3 is 2.80 bits per heavy atom. The van der Waals surface area contributed by atoms with E-state index >= 15 is 0 Å². The predicted molar refractivity (Wildman–Crippen MR) is 107 cm³/mol. The number of benzene rings is 1. The topological polar surface area (TPSA) is 44.4 Å². The second-order valence-corrected chi connectivity index (χ2v) is 7.54. The van der Waals surface area contributed by atoms with Gasteiger partial charge in [0.1, 0.15) is 0 Å². The van der Waals surface area contributed by atoms with E-state index in [1.54, 1.807) is 0 Å². The molecule has 4 nitrogen and oxygen atoms in total. The molecular weight excluding hydrogens is 357 g/mol. The van der Waals surface area contributed by atoms with Crippen molar-refractivity contribution in [2.75, 3.05) is 31.1 Å². The van der Waals surface area contributed by atoms with Crippen LogP contribution in [0.5, 0.6) is 0 Å². The first-order chi connectivity index (χ1) is 11.2. The van der Waals surface area contributed by atoms with E-state index in [1.807, 2.05) is 0 Å².